The topological polar surface area (TPSA) is 35.5 Å². The smallest absolute Gasteiger partial charge is 0.0741 e. The summed E-state index contributed by atoms with van der Waals surface area (Å²) in [5.41, 5.74) is -0.642. The van der Waals surface area contributed by atoms with Gasteiger partial charge in [0.05, 0.1) is 5.60 Å². The Morgan fingerprint density at radius 1 is 1.29 bits per heavy atom. The molecule has 1 atom stereocenters. The van der Waals surface area contributed by atoms with Crippen molar-refractivity contribution in [3.05, 3.63) is 0 Å². The fourth-order valence-corrected chi connectivity index (χ4v) is 0.965. The molecule has 14 heavy (non-hydrogen) atoms. The van der Waals surface area contributed by atoms with E-state index in [9.17, 15) is 5.11 Å². The molecule has 0 fully saturated rings. The zero-order valence-electron chi connectivity index (χ0n) is 10.5. The minimum atomic E-state index is -0.642. The standard InChI is InChI=1S/C11H26N2O/c1-9(2)13(6)8-7-12-10(3)11(4,5)14/h9-10,12,14H,7-8H2,1-6H3. The molecule has 0 radical (unpaired) electrons. The molecule has 0 saturated heterocycles. The molecule has 0 rings (SSSR count). The van der Waals surface area contributed by atoms with Crippen LogP contribution in [-0.2, 0) is 0 Å². The Kier molecular flexibility index (Phi) is 5.64. The maximum absolute atomic E-state index is 9.68. The van der Waals surface area contributed by atoms with E-state index in [0.29, 0.717) is 6.04 Å². The van der Waals surface area contributed by atoms with Crippen LogP contribution in [-0.4, -0.2) is 47.8 Å². The van der Waals surface area contributed by atoms with Crippen LogP contribution in [0.2, 0.25) is 0 Å². The van der Waals surface area contributed by atoms with Crippen molar-refractivity contribution in [1.82, 2.24) is 10.2 Å². The van der Waals surface area contributed by atoms with Crippen LogP contribution in [0.5, 0.6) is 0 Å². The molecule has 0 aliphatic heterocycles. The average molecular weight is 202 g/mol. The van der Waals surface area contributed by atoms with Crippen LogP contribution < -0.4 is 5.32 Å². The van der Waals surface area contributed by atoms with E-state index < -0.39 is 5.60 Å². The molecule has 3 heteroatoms. The molecule has 0 heterocycles. The average Bonchev–Trinajstić information content (AvgIpc) is 2.01. The first-order valence-electron chi connectivity index (χ1n) is 5.41. The molecular formula is C11H26N2O. The van der Waals surface area contributed by atoms with E-state index in [1.807, 2.05) is 20.8 Å². The van der Waals surface area contributed by atoms with Crippen LogP contribution in [0.4, 0.5) is 0 Å². The van der Waals surface area contributed by atoms with Gasteiger partial charge in [0.25, 0.3) is 0 Å². The lowest BCUT2D eigenvalue weighted by molar-refractivity contribution is 0.0434. The SMILES string of the molecule is CC(C)N(C)CCNC(C)C(C)(C)O. The molecule has 0 aromatic rings. The number of hydrogen-bond donors (Lipinski definition) is 2. The number of nitrogens with zero attached hydrogens (tertiary/aromatic N) is 1. The summed E-state index contributed by atoms with van der Waals surface area (Å²) in [5, 5.41) is 13.0. The zero-order chi connectivity index (χ0) is 11.4. The maximum Gasteiger partial charge on any atom is 0.0741 e. The largest absolute Gasteiger partial charge is 0.389 e. The van der Waals surface area contributed by atoms with E-state index in [1.165, 1.54) is 0 Å². The first-order chi connectivity index (χ1) is 6.25. The molecule has 86 valence electrons. The number of likely N-dealkylation sites (N-methyl/N-ethyl adjacent to an activating group) is 1. The van der Waals surface area contributed by atoms with E-state index >= 15 is 0 Å². The van der Waals surface area contributed by atoms with Crippen molar-refractivity contribution in [2.45, 2.75) is 52.3 Å². The van der Waals surface area contributed by atoms with E-state index in [-0.39, 0.29) is 6.04 Å². The monoisotopic (exact) mass is 202 g/mol. The molecule has 0 saturated carbocycles. The van der Waals surface area contributed by atoms with Gasteiger partial charge in [-0.25, -0.2) is 0 Å². The van der Waals surface area contributed by atoms with Crippen LogP contribution in [0, 0.1) is 0 Å². The quantitative estimate of drug-likeness (QED) is 0.676. The summed E-state index contributed by atoms with van der Waals surface area (Å²) in [6, 6.07) is 0.706. The van der Waals surface area contributed by atoms with Crippen molar-refractivity contribution >= 4 is 0 Å². The highest BCUT2D eigenvalue weighted by Gasteiger charge is 2.21. The normalized spacial score (nSPS) is 15.2. The van der Waals surface area contributed by atoms with Gasteiger partial charge in [-0.15, -0.1) is 0 Å². The second kappa shape index (κ2) is 5.69. The zero-order valence-corrected chi connectivity index (χ0v) is 10.5. The molecule has 3 nitrogen and oxygen atoms in total. The molecule has 2 N–H and O–H groups in total. The van der Waals surface area contributed by atoms with Gasteiger partial charge in [0.15, 0.2) is 0 Å². The van der Waals surface area contributed by atoms with Crippen molar-refractivity contribution in [3.8, 4) is 0 Å². The van der Waals surface area contributed by atoms with Crippen molar-refractivity contribution in [1.29, 1.82) is 0 Å². The van der Waals surface area contributed by atoms with Gasteiger partial charge in [-0.05, 0) is 41.7 Å². The van der Waals surface area contributed by atoms with Gasteiger partial charge in [-0.2, -0.15) is 0 Å². The minimum Gasteiger partial charge on any atom is -0.389 e. The Morgan fingerprint density at radius 3 is 2.14 bits per heavy atom. The first-order valence-corrected chi connectivity index (χ1v) is 5.41. The highest BCUT2D eigenvalue weighted by Crippen LogP contribution is 2.06. The number of rotatable bonds is 6. The summed E-state index contributed by atoms with van der Waals surface area (Å²) in [6.45, 7) is 12.0. The summed E-state index contributed by atoms with van der Waals surface area (Å²) in [6.07, 6.45) is 0. The summed E-state index contributed by atoms with van der Waals surface area (Å²) in [5.74, 6) is 0. The van der Waals surface area contributed by atoms with E-state index in [0.717, 1.165) is 13.1 Å². The molecule has 0 spiro atoms. The number of aliphatic hydroxyl groups is 1. The van der Waals surface area contributed by atoms with Gasteiger partial charge in [0, 0.05) is 25.2 Å². The van der Waals surface area contributed by atoms with Crippen molar-refractivity contribution in [2.75, 3.05) is 20.1 Å². The van der Waals surface area contributed by atoms with E-state index in [4.69, 9.17) is 0 Å². The lowest BCUT2D eigenvalue weighted by Crippen LogP contribution is -2.47. The molecule has 0 aliphatic rings. The Balaban J connectivity index is 3.65. The van der Waals surface area contributed by atoms with Gasteiger partial charge in [-0.3, -0.25) is 0 Å². The highest BCUT2D eigenvalue weighted by atomic mass is 16.3. The fraction of sp³-hybridized carbons (Fsp3) is 1.00. The maximum atomic E-state index is 9.68. The lowest BCUT2D eigenvalue weighted by Gasteiger charge is -2.28. The molecular weight excluding hydrogens is 176 g/mol. The van der Waals surface area contributed by atoms with Crippen LogP contribution in [0.3, 0.4) is 0 Å². The second-order valence-electron chi connectivity index (χ2n) is 4.90. The highest BCUT2D eigenvalue weighted by molar-refractivity contribution is 4.79. The molecule has 0 bridgehead atoms. The molecule has 0 amide bonds. The van der Waals surface area contributed by atoms with Gasteiger partial charge in [0.1, 0.15) is 0 Å². The third-order valence-corrected chi connectivity index (χ3v) is 2.86. The Morgan fingerprint density at radius 2 is 1.79 bits per heavy atom. The predicted molar refractivity (Wildman–Crippen MR) is 61.5 cm³/mol. The third-order valence-electron chi connectivity index (χ3n) is 2.86. The Hall–Kier alpha value is -0.120. The lowest BCUT2D eigenvalue weighted by atomic mass is 10.0. The van der Waals surface area contributed by atoms with Crippen LogP contribution in [0.15, 0.2) is 0 Å². The molecule has 0 aromatic heterocycles. The number of nitrogens with one attached hydrogen (secondary N) is 1. The third kappa shape index (κ3) is 5.58. The molecule has 1 unspecified atom stereocenters. The Labute approximate surface area is 88.5 Å². The van der Waals surface area contributed by atoms with E-state index in [1.54, 1.807) is 0 Å². The summed E-state index contributed by atoms with van der Waals surface area (Å²) in [7, 11) is 2.11. The van der Waals surface area contributed by atoms with E-state index in [2.05, 4.69) is 31.1 Å². The van der Waals surface area contributed by atoms with Gasteiger partial charge in [-0.1, -0.05) is 0 Å². The van der Waals surface area contributed by atoms with Gasteiger partial charge in [0.2, 0.25) is 0 Å². The molecule has 0 aliphatic carbocycles. The first kappa shape index (κ1) is 13.9. The van der Waals surface area contributed by atoms with Gasteiger partial charge < -0.3 is 15.3 Å². The summed E-state index contributed by atoms with van der Waals surface area (Å²) in [4.78, 5) is 2.28. The predicted octanol–water partition coefficient (Wildman–Crippen LogP) is 1.08. The molecule has 0 aromatic carbocycles. The summed E-state index contributed by atoms with van der Waals surface area (Å²) < 4.78 is 0. The van der Waals surface area contributed by atoms with Crippen LogP contribution in [0.25, 0.3) is 0 Å². The second-order valence-corrected chi connectivity index (χ2v) is 4.90. The summed E-state index contributed by atoms with van der Waals surface area (Å²) >= 11 is 0. The van der Waals surface area contributed by atoms with Crippen molar-refractivity contribution < 1.29 is 5.11 Å². The Bertz CT molecular complexity index is 152. The van der Waals surface area contributed by atoms with Crippen molar-refractivity contribution in [2.24, 2.45) is 0 Å². The van der Waals surface area contributed by atoms with Crippen LogP contribution >= 0.6 is 0 Å². The fourth-order valence-electron chi connectivity index (χ4n) is 0.965. The van der Waals surface area contributed by atoms with Gasteiger partial charge >= 0.3 is 0 Å². The van der Waals surface area contributed by atoms with Crippen molar-refractivity contribution in [3.63, 3.8) is 0 Å². The number of hydrogen-bond acceptors (Lipinski definition) is 3. The minimum absolute atomic E-state index is 0.128. The van der Waals surface area contributed by atoms with Crippen LogP contribution in [0.1, 0.15) is 34.6 Å².